The Morgan fingerprint density at radius 2 is 2.07 bits per heavy atom. The predicted octanol–water partition coefficient (Wildman–Crippen LogP) is -0.126. The highest BCUT2D eigenvalue weighted by Crippen LogP contribution is 2.26. The van der Waals surface area contributed by atoms with E-state index in [1.165, 1.54) is 11.9 Å². The minimum absolute atomic E-state index is 0.258. The van der Waals surface area contributed by atoms with Gasteiger partial charge in [0.25, 0.3) is 17.6 Å². The maximum absolute atomic E-state index is 12.9. The number of amides is 4. The number of carbonyl (C=O) groups is 3. The molecule has 2 aliphatic rings. The number of hydrogen-bond donors (Lipinski definition) is 1. The first-order valence-corrected chi connectivity index (χ1v) is 9.60. The molecule has 0 radical (unpaired) electrons. The van der Waals surface area contributed by atoms with E-state index in [-0.39, 0.29) is 11.8 Å². The molecule has 0 aromatic carbocycles. The lowest BCUT2D eigenvalue weighted by Crippen LogP contribution is -2.57. The number of fused-ring (bicyclic) bond motifs is 1. The van der Waals surface area contributed by atoms with E-state index in [1.807, 2.05) is 10.8 Å². The Hall–Kier alpha value is -3.01. The molecule has 10 heteroatoms. The molecule has 1 aromatic heterocycles. The average Bonchev–Trinajstić information content (AvgIpc) is 3.36. The van der Waals surface area contributed by atoms with Crippen molar-refractivity contribution in [1.29, 1.82) is 0 Å². The SMILES string of the molecule is COCCC[N+]1=C2C(C=C1C(=O)NCCCn1ccnc1)C(=O)N(C)C(=O)N2C. The number of hydrogen-bond acceptors (Lipinski definition) is 5. The molecule has 0 aliphatic carbocycles. The van der Waals surface area contributed by atoms with Gasteiger partial charge in [-0.1, -0.05) is 0 Å². The zero-order valence-corrected chi connectivity index (χ0v) is 17.0. The van der Waals surface area contributed by atoms with Crippen molar-refractivity contribution >= 4 is 23.7 Å². The molecular formula is C19H27N6O4+. The number of imidazole rings is 1. The van der Waals surface area contributed by atoms with E-state index in [2.05, 4.69) is 10.3 Å². The maximum atomic E-state index is 12.9. The van der Waals surface area contributed by atoms with Crippen LogP contribution in [0.3, 0.4) is 0 Å². The summed E-state index contributed by atoms with van der Waals surface area (Å²) >= 11 is 0. The number of carbonyl (C=O) groups excluding carboxylic acids is 3. The van der Waals surface area contributed by atoms with Crippen LogP contribution in [0.2, 0.25) is 0 Å². The quantitative estimate of drug-likeness (QED) is 0.458. The molecule has 10 nitrogen and oxygen atoms in total. The van der Waals surface area contributed by atoms with Gasteiger partial charge in [-0.05, 0) is 12.5 Å². The number of ether oxygens (including phenoxy) is 1. The summed E-state index contributed by atoms with van der Waals surface area (Å²) in [5.41, 5.74) is 0.395. The lowest BCUT2D eigenvalue weighted by Gasteiger charge is -2.27. The zero-order valence-electron chi connectivity index (χ0n) is 17.0. The number of urea groups is 1. The third kappa shape index (κ3) is 4.21. The van der Waals surface area contributed by atoms with E-state index >= 15 is 0 Å². The van der Waals surface area contributed by atoms with E-state index in [4.69, 9.17) is 4.74 Å². The molecule has 1 atom stereocenters. The molecule has 1 aromatic rings. The first-order valence-electron chi connectivity index (χ1n) is 9.60. The second kappa shape index (κ2) is 8.99. The second-order valence-corrected chi connectivity index (χ2v) is 7.03. The Balaban J connectivity index is 1.74. The fourth-order valence-corrected chi connectivity index (χ4v) is 3.58. The molecule has 1 fully saturated rings. The third-order valence-electron chi connectivity index (χ3n) is 5.08. The number of methoxy groups -OCH3 is 1. The molecule has 2 aliphatic heterocycles. The summed E-state index contributed by atoms with van der Waals surface area (Å²) in [7, 11) is 4.68. The first-order chi connectivity index (χ1) is 14.0. The van der Waals surface area contributed by atoms with Gasteiger partial charge in [-0.15, -0.1) is 0 Å². The Morgan fingerprint density at radius 1 is 1.28 bits per heavy atom. The molecule has 29 heavy (non-hydrogen) atoms. The van der Waals surface area contributed by atoms with Crippen molar-refractivity contribution in [3.05, 3.63) is 30.5 Å². The van der Waals surface area contributed by atoms with Gasteiger partial charge in [0.1, 0.15) is 0 Å². The summed E-state index contributed by atoms with van der Waals surface area (Å²) in [6.07, 6.45) is 8.37. The minimum atomic E-state index is -0.642. The van der Waals surface area contributed by atoms with E-state index in [0.29, 0.717) is 37.6 Å². The standard InChI is InChI=1S/C19H26N6O4/c1-22-17-14(18(27)23(2)19(22)28)12-15(25(17)9-5-11-29-3)16(26)21-6-4-8-24-10-7-20-13-24/h7,10,12-14H,4-6,8-9,11H2,1-3H3/p+1. The van der Waals surface area contributed by atoms with Crippen LogP contribution in [0.1, 0.15) is 12.8 Å². The summed E-state index contributed by atoms with van der Waals surface area (Å²) in [6.45, 7) is 2.22. The van der Waals surface area contributed by atoms with Gasteiger partial charge in [0.05, 0.1) is 19.9 Å². The number of amidine groups is 1. The average molecular weight is 403 g/mol. The van der Waals surface area contributed by atoms with Crippen molar-refractivity contribution in [1.82, 2.24) is 24.7 Å². The molecule has 1 unspecified atom stereocenters. The van der Waals surface area contributed by atoms with E-state index in [9.17, 15) is 14.4 Å². The van der Waals surface area contributed by atoms with Crippen LogP contribution in [0.15, 0.2) is 30.5 Å². The Bertz CT molecular complexity index is 845. The second-order valence-electron chi connectivity index (χ2n) is 7.03. The van der Waals surface area contributed by atoms with Crippen LogP contribution in [0.4, 0.5) is 4.79 Å². The largest absolute Gasteiger partial charge is 0.417 e. The van der Waals surface area contributed by atoms with Gasteiger partial charge < -0.3 is 14.6 Å². The molecule has 0 saturated carbocycles. The van der Waals surface area contributed by atoms with Crippen molar-refractivity contribution < 1.29 is 23.7 Å². The van der Waals surface area contributed by atoms with E-state index in [1.54, 1.807) is 37.3 Å². The summed E-state index contributed by atoms with van der Waals surface area (Å²) in [6, 6.07) is -0.409. The highest BCUT2D eigenvalue weighted by Gasteiger charge is 2.51. The van der Waals surface area contributed by atoms with Crippen LogP contribution in [-0.4, -0.2) is 88.5 Å². The van der Waals surface area contributed by atoms with E-state index in [0.717, 1.165) is 17.9 Å². The topological polar surface area (TPSA) is 99.8 Å². The monoisotopic (exact) mass is 403 g/mol. The number of aromatic nitrogens is 2. The molecule has 4 amide bonds. The molecule has 1 saturated heterocycles. The molecule has 3 rings (SSSR count). The lowest BCUT2D eigenvalue weighted by molar-refractivity contribution is -0.474. The van der Waals surface area contributed by atoms with Crippen LogP contribution in [0.5, 0.6) is 0 Å². The Morgan fingerprint density at radius 3 is 2.76 bits per heavy atom. The van der Waals surface area contributed by atoms with Crippen molar-refractivity contribution in [2.75, 3.05) is 40.9 Å². The molecule has 0 bridgehead atoms. The minimum Gasteiger partial charge on any atom is -0.385 e. The molecule has 0 spiro atoms. The Kier molecular flexibility index (Phi) is 6.42. The number of imide groups is 1. The zero-order chi connectivity index (χ0) is 21.0. The lowest BCUT2D eigenvalue weighted by atomic mass is 10.0. The smallest absolute Gasteiger partial charge is 0.385 e. The summed E-state index contributed by atoms with van der Waals surface area (Å²) in [5.74, 6) is -0.705. The summed E-state index contributed by atoms with van der Waals surface area (Å²) in [4.78, 5) is 44.4. The predicted molar refractivity (Wildman–Crippen MR) is 104 cm³/mol. The van der Waals surface area contributed by atoms with Gasteiger partial charge >= 0.3 is 6.03 Å². The first kappa shape index (κ1) is 20.7. The van der Waals surface area contributed by atoms with Crippen molar-refractivity contribution in [2.45, 2.75) is 19.4 Å². The Labute approximate surface area is 169 Å². The maximum Gasteiger partial charge on any atom is 0.417 e. The summed E-state index contributed by atoms with van der Waals surface area (Å²) in [5, 5.41) is 2.91. The van der Waals surface area contributed by atoms with Crippen LogP contribution in [0, 0.1) is 5.92 Å². The van der Waals surface area contributed by atoms with Crippen molar-refractivity contribution in [2.24, 2.45) is 5.92 Å². The highest BCUT2D eigenvalue weighted by atomic mass is 16.5. The highest BCUT2D eigenvalue weighted by molar-refractivity contribution is 6.19. The van der Waals surface area contributed by atoms with E-state index < -0.39 is 11.9 Å². The molecular weight excluding hydrogens is 376 g/mol. The van der Waals surface area contributed by atoms with Gasteiger partial charge in [0.15, 0.2) is 11.6 Å². The van der Waals surface area contributed by atoms with Gasteiger partial charge in [-0.25, -0.2) is 19.3 Å². The van der Waals surface area contributed by atoms with Crippen LogP contribution in [0.25, 0.3) is 0 Å². The van der Waals surface area contributed by atoms with Crippen molar-refractivity contribution in [3.63, 3.8) is 0 Å². The van der Waals surface area contributed by atoms with Gasteiger partial charge in [-0.3, -0.25) is 9.59 Å². The molecule has 3 heterocycles. The molecule has 156 valence electrons. The van der Waals surface area contributed by atoms with Crippen LogP contribution in [-0.2, 0) is 20.9 Å². The van der Waals surface area contributed by atoms with Gasteiger partial charge in [0.2, 0.25) is 0 Å². The summed E-state index contributed by atoms with van der Waals surface area (Å²) < 4.78 is 8.82. The van der Waals surface area contributed by atoms with Crippen LogP contribution < -0.4 is 5.32 Å². The normalized spacial score (nSPS) is 19.0. The fraction of sp³-hybridized carbons (Fsp3) is 0.526. The number of nitrogens with one attached hydrogen (secondary N) is 1. The number of nitrogens with zero attached hydrogens (tertiary/aromatic N) is 5. The third-order valence-corrected chi connectivity index (χ3v) is 5.08. The fourth-order valence-electron chi connectivity index (χ4n) is 3.58. The number of rotatable bonds is 9. The number of aryl methyl sites for hydroxylation is 1. The molecule has 1 N–H and O–H groups in total. The van der Waals surface area contributed by atoms with Gasteiger partial charge in [0, 0.05) is 52.7 Å². The van der Waals surface area contributed by atoms with Gasteiger partial charge in [-0.2, -0.15) is 4.90 Å². The van der Waals surface area contributed by atoms with Crippen molar-refractivity contribution in [3.8, 4) is 0 Å². The van der Waals surface area contributed by atoms with Crippen LogP contribution >= 0.6 is 0 Å².